The topological polar surface area (TPSA) is 104 Å². The molecule has 0 saturated carbocycles. The fourth-order valence-electron chi connectivity index (χ4n) is 2.20. The number of fused-ring (bicyclic) bond motifs is 1. The van der Waals surface area contributed by atoms with Crippen molar-refractivity contribution < 1.29 is 18.7 Å². The van der Waals surface area contributed by atoms with Gasteiger partial charge in [0, 0.05) is 11.0 Å². The highest BCUT2D eigenvalue weighted by Crippen LogP contribution is 2.29. The van der Waals surface area contributed by atoms with E-state index in [9.17, 15) is 14.9 Å². The molecule has 0 bridgehead atoms. The molecule has 23 heavy (non-hydrogen) atoms. The molecule has 1 aliphatic heterocycles. The van der Waals surface area contributed by atoms with Gasteiger partial charge in [-0.15, -0.1) is 0 Å². The van der Waals surface area contributed by atoms with E-state index < -0.39 is 11.9 Å². The highest BCUT2D eigenvalue weighted by molar-refractivity contribution is 6.09. The van der Waals surface area contributed by atoms with Crippen molar-refractivity contribution in [2.45, 2.75) is 0 Å². The summed E-state index contributed by atoms with van der Waals surface area (Å²) in [6, 6.07) is 10.8. The average molecular weight is 309 g/mol. The molecule has 3 rings (SSSR count). The Kier molecular flexibility index (Phi) is 3.57. The van der Waals surface area contributed by atoms with Gasteiger partial charge in [0.2, 0.25) is 0 Å². The number of benzene rings is 1. The molecule has 0 saturated heterocycles. The van der Waals surface area contributed by atoms with E-state index in [4.69, 9.17) is 4.42 Å². The average Bonchev–Trinajstić information content (AvgIpc) is 2.92. The second-order valence-electron chi connectivity index (χ2n) is 4.68. The Hall–Kier alpha value is -3.53. The van der Waals surface area contributed by atoms with Gasteiger partial charge in [0.05, 0.1) is 7.11 Å². The minimum Gasteiger partial charge on any atom is -0.464 e. The molecule has 2 aromatic rings. The summed E-state index contributed by atoms with van der Waals surface area (Å²) in [6.45, 7) is 0. The van der Waals surface area contributed by atoms with E-state index in [0.29, 0.717) is 11.3 Å². The molecule has 0 radical (unpaired) electrons. The van der Waals surface area contributed by atoms with Gasteiger partial charge in [0.25, 0.3) is 5.91 Å². The van der Waals surface area contributed by atoms with Crippen molar-refractivity contribution in [3.8, 4) is 6.07 Å². The molecule has 0 spiro atoms. The molecule has 114 valence electrons. The van der Waals surface area contributed by atoms with Crippen LogP contribution < -0.4 is 10.9 Å². The molecule has 0 aliphatic carbocycles. The number of nitrogens with zero attached hydrogens (tertiary/aromatic N) is 1. The van der Waals surface area contributed by atoms with Crippen LogP contribution in [-0.2, 0) is 14.3 Å². The molecule has 0 fully saturated rings. The number of furan rings is 1. The normalized spacial score (nSPS) is 14.4. The molecule has 2 heterocycles. The van der Waals surface area contributed by atoms with Crippen LogP contribution in [0.3, 0.4) is 0 Å². The number of amides is 1. The van der Waals surface area contributed by atoms with Crippen LogP contribution in [0.15, 0.2) is 52.1 Å². The van der Waals surface area contributed by atoms with Crippen molar-refractivity contribution in [3.05, 3.63) is 53.4 Å². The van der Waals surface area contributed by atoms with Gasteiger partial charge in [-0.25, -0.2) is 4.79 Å². The number of hydrogen-bond donors (Lipinski definition) is 2. The molecular formula is C16H11N3O4. The summed E-state index contributed by atoms with van der Waals surface area (Å²) in [6.07, 6.45) is 1.35. The lowest BCUT2D eigenvalue weighted by Crippen LogP contribution is -2.38. The van der Waals surface area contributed by atoms with Gasteiger partial charge in [-0.1, -0.05) is 18.2 Å². The molecular weight excluding hydrogens is 298 g/mol. The van der Waals surface area contributed by atoms with Crippen LogP contribution in [0.1, 0.15) is 5.76 Å². The molecule has 1 aromatic carbocycles. The van der Waals surface area contributed by atoms with Crippen LogP contribution in [-0.4, -0.2) is 19.0 Å². The van der Waals surface area contributed by atoms with Crippen LogP contribution in [0.5, 0.6) is 0 Å². The number of carbonyl (C=O) groups excluding carboxylic acids is 2. The fraction of sp³-hybridized carbons (Fsp3) is 0.0625. The van der Waals surface area contributed by atoms with Crippen LogP contribution in [0.4, 0.5) is 0 Å². The Morgan fingerprint density at radius 1 is 1.30 bits per heavy atom. The Morgan fingerprint density at radius 2 is 2.09 bits per heavy atom. The summed E-state index contributed by atoms with van der Waals surface area (Å²) in [4.78, 5) is 23.7. The van der Waals surface area contributed by atoms with Gasteiger partial charge in [-0.05, 0) is 18.2 Å². The first-order chi connectivity index (χ1) is 11.1. The van der Waals surface area contributed by atoms with Crippen LogP contribution in [0.2, 0.25) is 0 Å². The van der Waals surface area contributed by atoms with E-state index in [1.54, 1.807) is 12.1 Å². The molecule has 1 aromatic heterocycles. The smallest absolute Gasteiger partial charge is 0.355 e. The minimum absolute atomic E-state index is 0.0124. The van der Waals surface area contributed by atoms with Gasteiger partial charge < -0.3 is 9.15 Å². The predicted octanol–water partition coefficient (Wildman–Crippen LogP) is 1.40. The van der Waals surface area contributed by atoms with Crippen molar-refractivity contribution in [2.24, 2.45) is 0 Å². The number of esters is 1. The Balaban J connectivity index is 2.22. The number of rotatable bonds is 2. The Bertz CT molecular complexity index is 882. The number of ether oxygens (including phenoxy) is 1. The number of para-hydroxylation sites is 1. The van der Waals surface area contributed by atoms with E-state index in [2.05, 4.69) is 15.6 Å². The van der Waals surface area contributed by atoms with Crippen molar-refractivity contribution in [2.75, 3.05) is 7.11 Å². The molecule has 1 aliphatic rings. The fourth-order valence-corrected chi connectivity index (χ4v) is 2.20. The van der Waals surface area contributed by atoms with Gasteiger partial charge in [-0.2, -0.15) is 5.26 Å². The largest absolute Gasteiger partial charge is 0.464 e. The monoisotopic (exact) mass is 309 g/mol. The second kappa shape index (κ2) is 5.69. The number of nitrogens with one attached hydrogen (secondary N) is 2. The van der Waals surface area contributed by atoms with Crippen LogP contribution in [0.25, 0.3) is 16.5 Å². The number of allylic oxidation sites excluding steroid dienone is 2. The maximum Gasteiger partial charge on any atom is 0.355 e. The summed E-state index contributed by atoms with van der Waals surface area (Å²) in [5.74, 6) is -1.04. The van der Waals surface area contributed by atoms with E-state index in [1.165, 1.54) is 13.2 Å². The first-order valence-electron chi connectivity index (χ1n) is 6.63. The zero-order valence-corrected chi connectivity index (χ0v) is 12.0. The predicted molar refractivity (Wildman–Crippen MR) is 80.1 cm³/mol. The minimum atomic E-state index is -0.682. The number of methoxy groups -OCH3 is 1. The molecule has 0 unspecified atom stereocenters. The zero-order valence-electron chi connectivity index (χ0n) is 12.0. The number of nitriles is 1. The second-order valence-corrected chi connectivity index (χ2v) is 4.68. The summed E-state index contributed by atoms with van der Waals surface area (Å²) >= 11 is 0. The maximum absolute atomic E-state index is 12.0. The lowest BCUT2D eigenvalue weighted by molar-refractivity contribution is -0.136. The summed E-state index contributed by atoms with van der Waals surface area (Å²) in [7, 11) is 1.22. The van der Waals surface area contributed by atoms with E-state index in [0.717, 1.165) is 5.39 Å². The van der Waals surface area contributed by atoms with Gasteiger partial charge in [-0.3, -0.25) is 15.6 Å². The van der Waals surface area contributed by atoms with Gasteiger partial charge >= 0.3 is 5.97 Å². The van der Waals surface area contributed by atoms with Gasteiger partial charge in [0.15, 0.2) is 0 Å². The lowest BCUT2D eigenvalue weighted by atomic mass is 10.0. The molecule has 1 amide bonds. The van der Waals surface area contributed by atoms with E-state index in [1.807, 2.05) is 24.3 Å². The number of carbonyl (C=O) groups is 2. The van der Waals surface area contributed by atoms with Crippen LogP contribution >= 0.6 is 0 Å². The molecule has 2 N–H and O–H groups in total. The molecule has 7 nitrogen and oxygen atoms in total. The highest BCUT2D eigenvalue weighted by atomic mass is 16.5. The van der Waals surface area contributed by atoms with E-state index in [-0.39, 0.29) is 16.8 Å². The third-order valence-corrected chi connectivity index (χ3v) is 3.30. The first-order valence-corrected chi connectivity index (χ1v) is 6.63. The van der Waals surface area contributed by atoms with Crippen molar-refractivity contribution in [1.29, 1.82) is 5.26 Å². The van der Waals surface area contributed by atoms with Gasteiger partial charge in [0.1, 0.15) is 28.7 Å². The molecule has 0 atom stereocenters. The summed E-state index contributed by atoms with van der Waals surface area (Å²) < 4.78 is 10.3. The maximum atomic E-state index is 12.0. The van der Waals surface area contributed by atoms with E-state index >= 15 is 0 Å². The van der Waals surface area contributed by atoms with Crippen molar-refractivity contribution >= 4 is 28.4 Å². The summed E-state index contributed by atoms with van der Waals surface area (Å²) in [5, 5.41) is 10.1. The number of hydrazine groups is 1. The summed E-state index contributed by atoms with van der Waals surface area (Å²) in [5.41, 5.74) is 5.32. The number of hydrogen-bond acceptors (Lipinski definition) is 6. The Morgan fingerprint density at radius 3 is 2.78 bits per heavy atom. The molecule has 7 heteroatoms. The lowest BCUT2D eigenvalue weighted by Gasteiger charge is -2.06. The first kappa shape index (κ1) is 14.4. The quantitative estimate of drug-likeness (QED) is 0.813. The SMILES string of the molecule is COC(=O)C1=CC(c2cc3ccccc3o2)=C(C#N)C(=O)NN1. The zero-order chi connectivity index (χ0) is 16.4. The third kappa shape index (κ3) is 2.53. The third-order valence-electron chi connectivity index (χ3n) is 3.30. The standard InChI is InChI=1S/C16H11N3O4/c1-22-16(21)12-7-10(11(8-17)15(20)19-18-12)14-6-9-4-2-3-5-13(9)23-14/h2-7,18H,1H3,(H,19,20). The Labute approximate surface area is 130 Å². The van der Waals surface area contributed by atoms with Crippen LogP contribution in [0, 0.1) is 11.3 Å². The van der Waals surface area contributed by atoms with Crippen molar-refractivity contribution in [1.82, 2.24) is 10.9 Å². The highest BCUT2D eigenvalue weighted by Gasteiger charge is 2.24. The van der Waals surface area contributed by atoms with Crippen molar-refractivity contribution in [3.63, 3.8) is 0 Å².